The molecular formula is C9H16ClN3O3. The second-order valence-electron chi connectivity index (χ2n) is 3.39. The highest BCUT2D eigenvalue weighted by Crippen LogP contribution is 2.02. The summed E-state index contributed by atoms with van der Waals surface area (Å²) in [6.07, 6.45) is 5.31. The van der Waals surface area contributed by atoms with Crippen LogP contribution in [0.3, 0.4) is 0 Å². The van der Waals surface area contributed by atoms with Crippen LogP contribution in [0.25, 0.3) is 0 Å². The van der Waals surface area contributed by atoms with E-state index in [1.54, 1.807) is 4.68 Å². The first-order valence-electron chi connectivity index (χ1n) is 4.98. The summed E-state index contributed by atoms with van der Waals surface area (Å²) in [5, 5.41) is 19.1. The maximum absolute atomic E-state index is 10.2. The zero-order valence-corrected chi connectivity index (χ0v) is 9.70. The maximum atomic E-state index is 10.2. The molecule has 0 amide bonds. The Morgan fingerprint density at radius 3 is 2.69 bits per heavy atom. The second kappa shape index (κ2) is 7.92. The van der Waals surface area contributed by atoms with E-state index in [9.17, 15) is 4.79 Å². The molecule has 2 N–H and O–H groups in total. The molecule has 0 radical (unpaired) electrons. The number of carboxylic acid groups (broad SMARTS) is 1. The molecule has 7 heteroatoms. The third-order valence-electron chi connectivity index (χ3n) is 2.04. The molecule has 1 aromatic rings. The molecule has 1 rings (SSSR count). The van der Waals surface area contributed by atoms with Gasteiger partial charge in [-0.15, -0.1) is 12.4 Å². The summed E-state index contributed by atoms with van der Waals surface area (Å²) in [5.74, 6) is -0.736. The number of aryl methyl sites for hydroxylation is 1. The summed E-state index contributed by atoms with van der Waals surface area (Å²) in [5.41, 5.74) is 0.0564. The highest BCUT2D eigenvalue weighted by atomic mass is 35.5. The highest BCUT2D eigenvalue weighted by molar-refractivity contribution is 5.85. The summed E-state index contributed by atoms with van der Waals surface area (Å²) in [7, 11) is 0. The number of unbranched alkanes of at least 4 members (excludes halogenated alkanes) is 3. The van der Waals surface area contributed by atoms with E-state index in [4.69, 9.17) is 10.5 Å². The molecule has 0 aromatic carbocycles. The number of halogens is 1. The van der Waals surface area contributed by atoms with Gasteiger partial charge in [-0.3, -0.25) is 15.5 Å². The number of carbonyl (C=O) groups is 1. The van der Waals surface area contributed by atoms with Crippen LogP contribution in [0.4, 0.5) is 0 Å². The molecule has 0 aliphatic rings. The zero-order chi connectivity index (χ0) is 11.1. The molecule has 0 fully saturated rings. The van der Waals surface area contributed by atoms with Crippen LogP contribution in [0.2, 0.25) is 0 Å². The monoisotopic (exact) mass is 249 g/mol. The first-order chi connectivity index (χ1) is 7.18. The minimum atomic E-state index is -0.736. The van der Waals surface area contributed by atoms with Gasteiger partial charge in [0.05, 0.1) is 0 Å². The largest absolute Gasteiger partial charge is 0.487 e. The SMILES string of the molecule is Cl.N=c1c[n+](CCCCCCC(=O)O)[n-]o1. The lowest BCUT2D eigenvalue weighted by molar-refractivity contribution is -0.767. The summed E-state index contributed by atoms with van der Waals surface area (Å²) < 4.78 is 6.16. The topological polar surface area (TPSA) is 92.3 Å². The van der Waals surface area contributed by atoms with Crippen LogP contribution < -0.4 is 15.5 Å². The minimum absolute atomic E-state index is 0. The van der Waals surface area contributed by atoms with Crippen molar-refractivity contribution in [3.63, 3.8) is 0 Å². The maximum Gasteiger partial charge on any atom is 0.303 e. The average molecular weight is 250 g/mol. The van der Waals surface area contributed by atoms with Crippen molar-refractivity contribution in [2.45, 2.75) is 38.6 Å². The lowest BCUT2D eigenvalue weighted by Gasteiger charge is -1.98. The summed E-state index contributed by atoms with van der Waals surface area (Å²) in [6.45, 7) is 0.718. The van der Waals surface area contributed by atoms with Crippen molar-refractivity contribution in [3.8, 4) is 0 Å². The summed E-state index contributed by atoms with van der Waals surface area (Å²) >= 11 is 0. The lowest BCUT2D eigenvalue weighted by Crippen LogP contribution is -2.37. The number of hydrogen-bond donors (Lipinski definition) is 2. The molecule has 0 aliphatic heterocycles. The van der Waals surface area contributed by atoms with Crippen LogP contribution in [-0.2, 0) is 11.3 Å². The van der Waals surface area contributed by atoms with E-state index in [2.05, 4.69) is 9.79 Å². The first-order valence-corrected chi connectivity index (χ1v) is 4.98. The standard InChI is InChI=1S/C9H15N3O3.ClH/c10-8-7-12(11-15-8)6-4-2-1-3-5-9(13)14;/h7,10H,1-6H2,(H,13,14);1H. The Morgan fingerprint density at radius 1 is 1.44 bits per heavy atom. The van der Waals surface area contributed by atoms with E-state index in [1.165, 1.54) is 6.20 Å². The number of nitrogens with zero attached hydrogens (tertiary/aromatic N) is 2. The molecule has 0 aliphatic carbocycles. The van der Waals surface area contributed by atoms with Gasteiger partial charge in [-0.2, -0.15) is 0 Å². The van der Waals surface area contributed by atoms with Gasteiger partial charge in [-0.05, 0) is 12.8 Å². The van der Waals surface area contributed by atoms with Crippen LogP contribution >= 0.6 is 12.4 Å². The minimum Gasteiger partial charge on any atom is -0.487 e. The molecule has 6 nitrogen and oxygen atoms in total. The van der Waals surface area contributed by atoms with Crippen molar-refractivity contribution >= 4 is 18.4 Å². The van der Waals surface area contributed by atoms with Gasteiger partial charge in [-0.1, -0.05) is 6.42 Å². The van der Waals surface area contributed by atoms with E-state index in [0.717, 1.165) is 32.2 Å². The Morgan fingerprint density at radius 2 is 2.12 bits per heavy atom. The number of aliphatic carboxylic acids is 1. The number of hydrogen-bond acceptors (Lipinski definition) is 3. The molecule has 0 unspecified atom stereocenters. The van der Waals surface area contributed by atoms with Crippen molar-refractivity contribution in [3.05, 3.63) is 11.8 Å². The van der Waals surface area contributed by atoms with E-state index < -0.39 is 5.97 Å². The fourth-order valence-corrected chi connectivity index (χ4v) is 1.29. The lowest BCUT2D eigenvalue weighted by atomic mass is 10.1. The Labute approximate surface area is 99.1 Å². The van der Waals surface area contributed by atoms with Crippen molar-refractivity contribution in [1.82, 2.24) is 5.27 Å². The van der Waals surface area contributed by atoms with Gasteiger partial charge < -0.3 is 9.63 Å². The van der Waals surface area contributed by atoms with Gasteiger partial charge in [0, 0.05) is 12.8 Å². The fourth-order valence-electron chi connectivity index (χ4n) is 1.29. The Hall–Kier alpha value is -1.30. The zero-order valence-electron chi connectivity index (χ0n) is 8.89. The van der Waals surface area contributed by atoms with Crippen LogP contribution in [0.5, 0.6) is 0 Å². The molecular weight excluding hydrogens is 234 g/mol. The molecule has 0 atom stereocenters. The van der Waals surface area contributed by atoms with E-state index >= 15 is 0 Å². The van der Waals surface area contributed by atoms with E-state index in [0.29, 0.717) is 0 Å². The quantitative estimate of drug-likeness (QED) is 0.542. The first kappa shape index (κ1) is 14.7. The second-order valence-corrected chi connectivity index (χ2v) is 3.39. The number of carboxylic acids is 1. The van der Waals surface area contributed by atoms with Gasteiger partial charge in [0.1, 0.15) is 6.54 Å². The molecule has 0 bridgehead atoms. The third kappa shape index (κ3) is 6.23. The number of nitrogens with one attached hydrogen (secondary N) is 1. The van der Waals surface area contributed by atoms with E-state index in [-0.39, 0.29) is 24.4 Å². The van der Waals surface area contributed by atoms with Crippen LogP contribution in [-0.4, -0.2) is 11.1 Å². The van der Waals surface area contributed by atoms with Crippen molar-refractivity contribution in [2.24, 2.45) is 0 Å². The van der Waals surface area contributed by atoms with Crippen molar-refractivity contribution in [1.29, 1.82) is 5.41 Å². The normalized spacial score (nSPS) is 9.75. The molecule has 0 saturated carbocycles. The van der Waals surface area contributed by atoms with Crippen molar-refractivity contribution in [2.75, 3.05) is 0 Å². The van der Waals surface area contributed by atoms with Crippen LogP contribution in [0.1, 0.15) is 32.1 Å². The van der Waals surface area contributed by atoms with Gasteiger partial charge in [0.15, 0.2) is 0 Å². The predicted octanol–water partition coefficient (Wildman–Crippen LogP) is 0.461. The third-order valence-corrected chi connectivity index (χ3v) is 2.04. The van der Waals surface area contributed by atoms with Crippen LogP contribution in [0.15, 0.2) is 10.7 Å². The van der Waals surface area contributed by atoms with Gasteiger partial charge in [0.2, 0.25) is 6.20 Å². The van der Waals surface area contributed by atoms with Crippen LogP contribution in [0, 0.1) is 5.41 Å². The predicted molar refractivity (Wildman–Crippen MR) is 56.0 cm³/mol. The Bertz CT molecular complexity index is 361. The van der Waals surface area contributed by atoms with Gasteiger partial charge in [-0.25, -0.2) is 4.68 Å². The molecule has 1 heterocycles. The molecule has 16 heavy (non-hydrogen) atoms. The van der Waals surface area contributed by atoms with Crippen molar-refractivity contribution < 1.29 is 19.1 Å². The molecule has 0 saturated heterocycles. The fraction of sp³-hybridized carbons (Fsp3) is 0.667. The molecule has 0 spiro atoms. The molecule has 92 valence electrons. The average Bonchev–Trinajstić information content (AvgIpc) is 2.57. The number of rotatable bonds is 7. The Kier molecular flexibility index (Phi) is 7.28. The van der Waals surface area contributed by atoms with E-state index in [1.807, 2.05) is 0 Å². The highest BCUT2D eigenvalue weighted by Gasteiger charge is 1.98. The van der Waals surface area contributed by atoms with Gasteiger partial charge >= 0.3 is 5.97 Å². The smallest absolute Gasteiger partial charge is 0.303 e. The Balaban J connectivity index is 0.00000225. The molecule has 1 aromatic heterocycles. The van der Waals surface area contributed by atoms with Gasteiger partial charge in [0.25, 0.3) is 5.55 Å². The summed E-state index contributed by atoms with van der Waals surface area (Å²) in [4.78, 5) is 10.2. The number of aromatic nitrogens is 2. The summed E-state index contributed by atoms with van der Waals surface area (Å²) in [6, 6.07) is 0.